The molecule has 4 aliphatic rings. The van der Waals surface area contributed by atoms with Crippen molar-refractivity contribution in [1.82, 2.24) is 9.47 Å². The van der Waals surface area contributed by atoms with Crippen LogP contribution >= 0.6 is 0 Å². The summed E-state index contributed by atoms with van der Waals surface area (Å²) >= 11 is 0. The van der Waals surface area contributed by atoms with Crippen molar-refractivity contribution in [3.63, 3.8) is 0 Å². The van der Waals surface area contributed by atoms with E-state index in [0.29, 0.717) is 27.1 Å². The highest BCUT2D eigenvalue weighted by Crippen LogP contribution is 2.50. The van der Waals surface area contributed by atoms with Crippen LogP contribution < -0.4 is 0 Å². The van der Waals surface area contributed by atoms with Crippen molar-refractivity contribution < 1.29 is 30.7 Å². The maximum atomic E-state index is 15.9. The lowest BCUT2D eigenvalue weighted by molar-refractivity contribution is -0.0992. The zero-order valence-electron chi connectivity index (χ0n) is 24.1. The van der Waals surface area contributed by atoms with Gasteiger partial charge in [-0.1, -0.05) is 84.9 Å². The standard InChI is InChI=1S/C35H17F7N6/c36-28-26(34(37,38)39)30-43-29(25-21-13-3-1-9-17(21)18-10-2-4-14-22(18)25)44-32-46-33(45-31(48(30)32)27(28)35(40,41)42)47-23-15-7-5-11-19(23)20-12-6-8-16-24(20)47/h1-16,25H. The Morgan fingerprint density at radius 1 is 0.542 bits per heavy atom. The molecule has 13 heteroatoms. The molecule has 6 nitrogen and oxygen atoms in total. The number of nitrogens with zero attached hydrogens (tertiary/aromatic N) is 6. The Balaban J connectivity index is 1.37. The summed E-state index contributed by atoms with van der Waals surface area (Å²) in [5.74, 6) is -6.71. The van der Waals surface area contributed by atoms with Crippen molar-refractivity contribution in [1.29, 1.82) is 0 Å². The normalized spacial score (nSPS) is 17.7. The predicted molar refractivity (Wildman–Crippen MR) is 167 cm³/mol. The summed E-state index contributed by atoms with van der Waals surface area (Å²) in [6, 6.07) is 28.4. The van der Waals surface area contributed by atoms with Gasteiger partial charge in [-0.25, -0.2) is 14.3 Å². The smallest absolute Gasteiger partial charge is 0.278 e. The van der Waals surface area contributed by atoms with Gasteiger partial charge in [0.2, 0.25) is 11.9 Å². The fourth-order valence-electron chi connectivity index (χ4n) is 6.92. The van der Waals surface area contributed by atoms with Gasteiger partial charge in [-0.15, -0.1) is 0 Å². The van der Waals surface area contributed by atoms with Crippen molar-refractivity contribution in [3.05, 3.63) is 131 Å². The van der Waals surface area contributed by atoms with Crippen LogP contribution in [-0.4, -0.2) is 45.4 Å². The Hall–Kier alpha value is -5.85. The Kier molecular flexibility index (Phi) is 5.67. The molecule has 0 atom stereocenters. The summed E-state index contributed by atoms with van der Waals surface area (Å²) in [4.78, 5) is 17.8. The van der Waals surface area contributed by atoms with Gasteiger partial charge in [-0.3, -0.25) is 4.57 Å². The van der Waals surface area contributed by atoms with Gasteiger partial charge >= 0.3 is 12.4 Å². The third-order valence-corrected chi connectivity index (χ3v) is 8.79. The van der Waals surface area contributed by atoms with Crippen LogP contribution in [0.1, 0.15) is 17.0 Å². The lowest BCUT2D eigenvalue weighted by atomic mass is 9.95. The van der Waals surface area contributed by atoms with Crippen molar-refractivity contribution in [2.45, 2.75) is 18.3 Å². The van der Waals surface area contributed by atoms with Crippen LogP contribution in [0.5, 0.6) is 0 Å². The number of allylic oxidation sites excluding steroid dienone is 2. The van der Waals surface area contributed by atoms with E-state index in [1.807, 2.05) is 36.4 Å². The summed E-state index contributed by atoms with van der Waals surface area (Å²) < 4.78 is 105. The lowest BCUT2D eigenvalue weighted by Gasteiger charge is -2.37. The van der Waals surface area contributed by atoms with E-state index in [1.165, 1.54) is 4.57 Å². The molecule has 0 amide bonds. The number of para-hydroxylation sites is 2. The molecule has 0 spiro atoms. The van der Waals surface area contributed by atoms with E-state index in [-0.39, 0.29) is 11.8 Å². The molecule has 5 aromatic rings. The molecule has 3 aliphatic heterocycles. The molecule has 1 aliphatic carbocycles. The number of aromatic nitrogens is 1. The SMILES string of the molecule is FC1=C(C(F)(F)F)C2=NC(n3c4ccccc4c4ccccc43)=NC3=NC(C4c5ccccc5-c5ccccc54)=NC(=C1C(F)(F)F)N32. The number of amidine groups is 2. The monoisotopic (exact) mass is 654 g/mol. The molecule has 236 valence electrons. The van der Waals surface area contributed by atoms with E-state index in [9.17, 15) is 26.3 Å². The van der Waals surface area contributed by atoms with E-state index in [1.54, 1.807) is 60.7 Å². The number of rotatable bonds is 1. The Morgan fingerprint density at radius 2 is 1.06 bits per heavy atom. The fraction of sp³-hybridized carbons (Fsp3) is 0.0857. The number of guanidine groups is 1. The van der Waals surface area contributed by atoms with Gasteiger partial charge in [0.15, 0.2) is 17.5 Å². The van der Waals surface area contributed by atoms with E-state index in [0.717, 1.165) is 21.9 Å². The van der Waals surface area contributed by atoms with Gasteiger partial charge in [0.25, 0.3) is 0 Å². The van der Waals surface area contributed by atoms with E-state index in [2.05, 4.69) is 20.0 Å². The second-order valence-electron chi connectivity index (χ2n) is 11.4. The molecule has 0 saturated carbocycles. The number of hydrogen-bond acceptors (Lipinski definition) is 5. The van der Waals surface area contributed by atoms with Crippen molar-refractivity contribution in [3.8, 4) is 11.1 Å². The quantitative estimate of drug-likeness (QED) is 0.167. The first-order valence-corrected chi connectivity index (χ1v) is 14.6. The van der Waals surface area contributed by atoms with Gasteiger partial charge in [0, 0.05) is 10.8 Å². The second kappa shape index (κ2) is 9.59. The van der Waals surface area contributed by atoms with Gasteiger partial charge in [0.05, 0.1) is 17.0 Å². The number of benzene rings is 4. The summed E-state index contributed by atoms with van der Waals surface area (Å²) in [6.07, 6.45) is -11.1. The molecule has 0 bridgehead atoms. The predicted octanol–water partition coefficient (Wildman–Crippen LogP) is 8.87. The molecule has 1 aromatic heterocycles. The van der Waals surface area contributed by atoms with Crippen LogP contribution in [0, 0.1) is 0 Å². The zero-order valence-corrected chi connectivity index (χ0v) is 24.1. The summed E-state index contributed by atoms with van der Waals surface area (Å²) in [7, 11) is 0. The summed E-state index contributed by atoms with van der Waals surface area (Å²) in [6.45, 7) is 0. The summed E-state index contributed by atoms with van der Waals surface area (Å²) in [5, 5.41) is 1.46. The molecule has 0 unspecified atom stereocenters. The first-order valence-electron chi connectivity index (χ1n) is 14.6. The van der Waals surface area contributed by atoms with Crippen molar-refractivity contribution in [2.24, 2.45) is 20.0 Å². The third kappa shape index (κ3) is 3.87. The largest absolute Gasteiger partial charge is 0.422 e. The van der Waals surface area contributed by atoms with Crippen LogP contribution in [0.25, 0.3) is 32.9 Å². The molecule has 48 heavy (non-hydrogen) atoms. The first-order chi connectivity index (χ1) is 23.0. The molecule has 0 N–H and O–H groups in total. The van der Waals surface area contributed by atoms with Gasteiger partial charge < -0.3 is 0 Å². The Morgan fingerprint density at radius 3 is 1.62 bits per heavy atom. The average molecular weight is 655 g/mol. The molecule has 0 saturated heterocycles. The fourth-order valence-corrected chi connectivity index (χ4v) is 6.92. The Labute approximate surface area is 265 Å². The molecule has 9 rings (SSSR count). The topological polar surface area (TPSA) is 57.6 Å². The maximum absolute atomic E-state index is 15.9. The van der Waals surface area contributed by atoms with Crippen LogP contribution in [-0.2, 0) is 0 Å². The molecule has 0 radical (unpaired) electrons. The minimum absolute atomic E-state index is 0.190. The highest BCUT2D eigenvalue weighted by molar-refractivity contribution is 6.26. The molecular formula is C35H17F7N6. The lowest BCUT2D eigenvalue weighted by Crippen LogP contribution is -2.49. The molecular weight excluding hydrogens is 637 g/mol. The number of fused-ring (bicyclic) bond motifs is 6. The second-order valence-corrected chi connectivity index (χ2v) is 11.4. The Bertz CT molecular complexity index is 2360. The number of hydrogen-bond donors (Lipinski definition) is 0. The molecule has 0 fully saturated rings. The highest BCUT2D eigenvalue weighted by atomic mass is 19.4. The van der Waals surface area contributed by atoms with Crippen molar-refractivity contribution >= 4 is 45.4 Å². The summed E-state index contributed by atoms with van der Waals surface area (Å²) in [5.41, 5.74) is -0.430. The van der Waals surface area contributed by atoms with E-state index >= 15 is 4.39 Å². The average Bonchev–Trinajstić information content (AvgIpc) is 3.56. The van der Waals surface area contributed by atoms with Crippen LogP contribution in [0.4, 0.5) is 30.7 Å². The molecule has 4 aromatic carbocycles. The first kappa shape index (κ1) is 28.4. The van der Waals surface area contributed by atoms with Gasteiger partial charge in [-0.2, -0.15) is 41.3 Å². The number of aliphatic imine (C=N–C) groups is 4. The van der Waals surface area contributed by atoms with Crippen LogP contribution in [0.15, 0.2) is 140 Å². The maximum Gasteiger partial charge on any atom is 0.422 e. The molecule has 4 heterocycles. The van der Waals surface area contributed by atoms with Crippen LogP contribution in [0.2, 0.25) is 0 Å². The van der Waals surface area contributed by atoms with Crippen LogP contribution in [0.3, 0.4) is 0 Å². The third-order valence-electron chi connectivity index (χ3n) is 8.79. The van der Waals surface area contributed by atoms with Crippen molar-refractivity contribution in [2.75, 3.05) is 0 Å². The number of halogens is 7. The zero-order chi connectivity index (χ0) is 33.1. The van der Waals surface area contributed by atoms with E-state index < -0.39 is 52.9 Å². The van der Waals surface area contributed by atoms with Gasteiger partial charge in [0.1, 0.15) is 17.0 Å². The number of alkyl halides is 6. The minimum Gasteiger partial charge on any atom is -0.278 e. The highest BCUT2D eigenvalue weighted by Gasteiger charge is 2.56. The van der Waals surface area contributed by atoms with E-state index in [4.69, 9.17) is 0 Å². The van der Waals surface area contributed by atoms with Gasteiger partial charge in [-0.05, 0) is 34.4 Å². The minimum atomic E-state index is -5.58.